The Labute approximate surface area is 150 Å². The zero-order chi connectivity index (χ0) is 19.6. The number of phenolic OH excluding ortho intramolecular Hbond substituents is 2. The van der Waals surface area contributed by atoms with Crippen molar-refractivity contribution in [3.8, 4) is 11.5 Å². The molecule has 0 amide bonds. The topological polar surface area (TPSA) is 127 Å². The van der Waals surface area contributed by atoms with Gasteiger partial charge in [0.1, 0.15) is 0 Å². The van der Waals surface area contributed by atoms with Crippen LogP contribution in [0.15, 0.2) is 36.4 Å². The van der Waals surface area contributed by atoms with Crippen LogP contribution in [0.3, 0.4) is 0 Å². The molecule has 0 saturated carbocycles. The number of nitro benzene ring substituents is 2. The second-order valence-corrected chi connectivity index (χ2v) is 6.85. The molecule has 26 heavy (non-hydrogen) atoms. The fraction of sp³-hybridized carbons (Fsp3) is 0.333. The Bertz CT molecular complexity index is 799. The smallest absolute Gasteiger partial charge is 0.310 e. The largest absolute Gasteiger partial charge is 0.502 e. The molecule has 0 fully saturated rings. The lowest BCUT2D eigenvalue weighted by atomic mass is 9.71. The first-order valence-electron chi connectivity index (χ1n) is 8.02. The molecule has 0 bridgehead atoms. The van der Waals surface area contributed by atoms with E-state index in [0.717, 1.165) is 0 Å². The zero-order valence-corrected chi connectivity index (χ0v) is 14.7. The average molecular weight is 360 g/mol. The van der Waals surface area contributed by atoms with Crippen molar-refractivity contribution >= 4 is 11.4 Å². The minimum absolute atomic E-state index is 0.181. The van der Waals surface area contributed by atoms with Crippen LogP contribution in [0.4, 0.5) is 11.4 Å². The lowest BCUT2D eigenvalue weighted by Crippen LogP contribution is -2.26. The van der Waals surface area contributed by atoms with E-state index in [0.29, 0.717) is 17.5 Å². The van der Waals surface area contributed by atoms with Crippen LogP contribution >= 0.6 is 0 Å². The Morgan fingerprint density at radius 1 is 0.923 bits per heavy atom. The summed E-state index contributed by atoms with van der Waals surface area (Å²) >= 11 is 0. The SMILES string of the molecule is CC(C)CC(C)(c1ccc(O)c([N+](=O)[O-])c1)c1ccc(O)c([N+](=O)[O-])c1. The summed E-state index contributed by atoms with van der Waals surface area (Å²) in [7, 11) is 0. The first kappa shape index (κ1) is 19.2. The predicted molar refractivity (Wildman–Crippen MR) is 95.4 cm³/mol. The van der Waals surface area contributed by atoms with E-state index in [-0.39, 0.29) is 5.92 Å². The molecule has 138 valence electrons. The van der Waals surface area contributed by atoms with Crippen molar-refractivity contribution in [2.75, 3.05) is 0 Å². The zero-order valence-electron chi connectivity index (χ0n) is 14.7. The van der Waals surface area contributed by atoms with E-state index in [1.165, 1.54) is 24.3 Å². The van der Waals surface area contributed by atoms with Crippen molar-refractivity contribution in [2.45, 2.75) is 32.6 Å². The molecule has 0 heterocycles. The molecular weight excluding hydrogens is 340 g/mol. The van der Waals surface area contributed by atoms with Gasteiger partial charge in [0.25, 0.3) is 0 Å². The highest BCUT2D eigenvalue weighted by molar-refractivity contribution is 5.55. The van der Waals surface area contributed by atoms with Crippen molar-refractivity contribution in [2.24, 2.45) is 5.92 Å². The van der Waals surface area contributed by atoms with Gasteiger partial charge in [0.05, 0.1) is 9.85 Å². The predicted octanol–water partition coefficient (Wildman–Crippen LogP) is 4.27. The monoisotopic (exact) mass is 360 g/mol. The fourth-order valence-electron chi connectivity index (χ4n) is 3.24. The highest BCUT2D eigenvalue weighted by Crippen LogP contribution is 2.43. The first-order chi connectivity index (χ1) is 12.1. The molecule has 0 aromatic heterocycles. The highest BCUT2D eigenvalue weighted by atomic mass is 16.6. The number of nitro groups is 2. The van der Waals surface area contributed by atoms with Gasteiger partial charge in [-0.15, -0.1) is 0 Å². The summed E-state index contributed by atoms with van der Waals surface area (Å²) < 4.78 is 0. The van der Waals surface area contributed by atoms with Gasteiger partial charge in [0.15, 0.2) is 11.5 Å². The van der Waals surface area contributed by atoms with Crippen LogP contribution in [0.25, 0.3) is 0 Å². The molecule has 8 nitrogen and oxygen atoms in total. The molecule has 0 aliphatic carbocycles. The van der Waals surface area contributed by atoms with Gasteiger partial charge < -0.3 is 10.2 Å². The Hall–Kier alpha value is -3.16. The van der Waals surface area contributed by atoms with Gasteiger partial charge in [-0.05, 0) is 35.6 Å². The number of hydrogen-bond donors (Lipinski definition) is 2. The van der Waals surface area contributed by atoms with E-state index in [1.807, 2.05) is 20.8 Å². The molecule has 0 radical (unpaired) electrons. The van der Waals surface area contributed by atoms with Crippen LogP contribution in [-0.2, 0) is 5.41 Å². The van der Waals surface area contributed by atoms with Crippen molar-refractivity contribution in [1.82, 2.24) is 0 Å². The maximum Gasteiger partial charge on any atom is 0.310 e. The van der Waals surface area contributed by atoms with Gasteiger partial charge >= 0.3 is 11.4 Å². The molecule has 2 N–H and O–H groups in total. The Balaban J connectivity index is 2.70. The second kappa shape index (κ2) is 6.99. The van der Waals surface area contributed by atoms with E-state index >= 15 is 0 Å². The maximum absolute atomic E-state index is 11.2. The molecule has 8 heteroatoms. The molecule has 0 atom stereocenters. The Morgan fingerprint density at radius 3 is 1.62 bits per heavy atom. The van der Waals surface area contributed by atoms with Crippen LogP contribution < -0.4 is 0 Å². The van der Waals surface area contributed by atoms with E-state index in [2.05, 4.69) is 0 Å². The van der Waals surface area contributed by atoms with Crippen LogP contribution in [0.2, 0.25) is 0 Å². The molecule has 2 aromatic carbocycles. The normalized spacial score (nSPS) is 11.5. The molecule has 2 rings (SSSR count). The Morgan fingerprint density at radius 2 is 1.31 bits per heavy atom. The number of rotatable bonds is 6. The van der Waals surface area contributed by atoms with Gasteiger partial charge in [-0.25, -0.2) is 0 Å². The molecule has 0 aliphatic heterocycles. The van der Waals surface area contributed by atoms with Crippen LogP contribution in [-0.4, -0.2) is 20.1 Å². The molecule has 0 saturated heterocycles. The van der Waals surface area contributed by atoms with Crippen LogP contribution in [0.1, 0.15) is 38.3 Å². The van der Waals surface area contributed by atoms with E-state index < -0.39 is 38.1 Å². The minimum Gasteiger partial charge on any atom is -0.502 e. The summed E-state index contributed by atoms with van der Waals surface area (Å²) in [4.78, 5) is 21.0. The number of phenols is 2. The van der Waals surface area contributed by atoms with E-state index in [4.69, 9.17) is 0 Å². The number of benzene rings is 2. The number of aromatic hydroxyl groups is 2. The molecular formula is C18H20N2O6. The third kappa shape index (κ3) is 3.58. The Kier molecular flexibility index (Phi) is 5.15. The van der Waals surface area contributed by atoms with Gasteiger partial charge in [-0.1, -0.05) is 32.9 Å². The van der Waals surface area contributed by atoms with Crippen molar-refractivity contribution in [3.63, 3.8) is 0 Å². The molecule has 0 spiro atoms. The van der Waals surface area contributed by atoms with Crippen LogP contribution in [0.5, 0.6) is 11.5 Å². The average Bonchev–Trinajstić information content (AvgIpc) is 2.54. The second-order valence-electron chi connectivity index (χ2n) is 6.85. The first-order valence-corrected chi connectivity index (χ1v) is 8.02. The van der Waals surface area contributed by atoms with Crippen molar-refractivity contribution in [1.29, 1.82) is 0 Å². The lowest BCUT2D eigenvalue weighted by Gasteiger charge is -2.32. The molecule has 0 unspecified atom stereocenters. The summed E-state index contributed by atoms with van der Waals surface area (Å²) in [6, 6.07) is 8.22. The van der Waals surface area contributed by atoms with Crippen molar-refractivity contribution in [3.05, 3.63) is 67.8 Å². The highest BCUT2D eigenvalue weighted by Gasteiger charge is 2.33. The molecule has 2 aromatic rings. The maximum atomic E-state index is 11.2. The summed E-state index contributed by atoms with van der Waals surface area (Å²) in [5.41, 5.74) is -0.534. The van der Waals surface area contributed by atoms with E-state index in [9.17, 15) is 30.4 Å². The van der Waals surface area contributed by atoms with Gasteiger partial charge in [-0.3, -0.25) is 20.2 Å². The molecule has 0 aliphatic rings. The third-order valence-electron chi connectivity index (χ3n) is 4.43. The minimum atomic E-state index is -0.787. The van der Waals surface area contributed by atoms with Gasteiger partial charge in [0, 0.05) is 17.5 Å². The summed E-state index contributed by atoms with van der Waals surface area (Å²) in [6.07, 6.45) is 0.552. The third-order valence-corrected chi connectivity index (χ3v) is 4.43. The quantitative estimate of drug-likeness (QED) is 0.585. The van der Waals surface area contributed by atoms with Crippen LogP contribution in [0, 0.1) is 26.1 Å². The number of hydrogen-bond acceptors (Lipinski definition) is 6. The summed E-state index contributed by atoms with van der Waals surface area (Å²) in [5, 5.41) is 41.8. The van der Waals surface area contributed by atoms with Gasteiger partial charge in [-0.2, -0.15) is 0 Å². The number of nitrogens with zero attached hydrogens (tertiary/aromatic N) is 2. The summed E-state index contributed by atoms with van der Waals surface area (Å²) in [6.45, 7) is 5.78. The van der Waals surface area contributed by atoms with Gasteiger partial charge in [0.2, 0.25) is 0 Å². The van der Waals surface area contributed by atoms with Crippen molar-refractivity contribution < 1.29 is 20.1 Å². The summed E-state index contributed by atoms with van der Waals surface area (Å²) in [5.74, 6) is -0.703. The lowest BCUT2D eigenvalue weighted by molar-refractivity contribution is -0.386. The van der Waals surface area contributed by atoms with E-state index in [1.54, 1.807) is 12.1 Å². The standard InChI is InChI=1S/C18H20N2O6/c1-11(2)10-18(3,12-4-6-16(21)14(8-12)19(23)24)13-5-7-17(22)15(9-13)20(25)26/h4-9,11,21-22H,10H2,1-3H3. The fourth-order valence-corrected chi connectivity index (χ4v) is 3.24.